The third-order valence-corrected chi connectivity index (χ3v) is 7.30. The molecule has 0 aliphatic heterocycles. The highest BCUT2D eigenvalue weighted by Gasteiger charge is 2.57. The highest BCUT2D eigenvalue weighted by atomic mass is 16.3. The number of allylic oxidation sites excluding steroid dienone is 4. The van der Waals surface area contributed by atoms with Gasteiger partial charge in [0.25, 0.3) is 0 Å². The van der Waals surface area contributed by atoms with Crippen LogP contribution in [0.2, 0.25) is 0 Å². The Kier molecular flexibility index (Phi) is 3.07. The first kappa shape index (κ1) is 14.4. The van der Waals surface area contributed by atoms with Crippen LogP contribution in [0.3, 0.4) is 0 Å². The van der Waals surface area contributed by atoms with Crippen molar-refractivity contribution in [3.05, 3.63) is 36.0 Å². The van der Waals surface area contributed by atoms with Crippen LogP contribution in [0.25, 0.3) is 0 Å². The van der Waals surface area contributed by atoms with E-state index in [9.17, 15) is 9.90 Å². The fourth-order valence-corrected chi connectivity index (χ4v) is 6.10. The second kappa shape index (κ2) is 4.67. The molecule has 0 bridgehead atoms. The van der Waals surface area contributed by atoms with E-state index < -0.39 is 5.60 Å². The van der Waals surface area contributed by atoms with Crippen LogP contribution in [0.5, 0.6) is 0 Å². The van der Waals surface area contributed by atoms with Gasteiger partial charge in [-0.1, -0.05) is 25.7 Å². The van der Waals surface area contributed by atoms with E-state index in [0.29, 0.717) is 30.6 Å². The SMILES string of the molecule is C=CC1=CCC2C3CCC4=CC(=O)CC[C@]4(O)C3CC[C@]12C. The number of ketones is 1. The Morgan fingerprint density at radius 1 is 1.27 bits per heavy atom. The molecule has 2 nitrogen and oxygen atoms in total. The summed E-state index contributed by atoms with van der Waals surface area (Å²) >= 11 is 0. The van der Waals surface area contributed by atoms with Gasteiger partial charge in [-0.05, 0) is 78.9 Å². The van der Waals surface area contributed by atoms with Gasteiger partial charge in [0.15, 0.2) is 5.78 Å². The van der Waals surface area contributed by atoms with Gasteiger partial charge in [0, 0.05) is 6.42 Å². The Morgan fingerprint density at radius 3 is 2.86 bits per heavy atom. The predicted molar refractivity (Wildman–Crippen MR) is 87.2 cm³/mol. The van der Waals surface area contributed by atoms with Gasteiger partial charge in [-0.25, -0.2) is 0 Å². The number of carbonyl (C=O) groups is 1. The third-order valence-electron chi connectivity index (χ3n) is 7.30. The Labute approximate surface area is 133 Å². The summed E-state index contributed by atoms with van der Waals surface area (Å²) in [6.45, 7) is 6.40. The number of hydrogen-bond acceptors (Lipinski definition) is 2. The zero-order valence-corrected chi connectivity index (χ0v) is 13.5. The topological polar surface area (TPSA) is 37.3 Å². The first-order valence-corrected chi connectivity index (χ1v) is 8.78. The zero-order valence-electron chi connectivity index (χ0n) is 13.5. The van der Waals surface area contributed by atoms with Crippen molar-refractivity contribution < 1.29 is 9.90 Å². The molecule has 4 aliphatic carbocycles. The summed E-state index contributed by atoms with van der Waals surface area (Å²) in [5.74, 6) is 1.77. The summed E-state index contributed by atoms with van der Waals surface area (Å²) in [4.78, 5) is 11.7. The second-order valence-electron chi connectivity index (χ2n) is 8.03. The van der Waals surface area contributed by atoms with Crippen molar-refractivity contribution in [3.8, 4) is 0 Å². The first-order chi connectivity index (χ1) is 10.5. The minimum Gasteiger partial charge on any atom is -0.385 e. The Balaban J connectivity index is 1.69. The van der Waals surface area contributed by atoms with Crippen molar-refractivity contribution in [1.82, 2.24) is 0 Å². The molecule has 2 heteroatoms. The van der Waals surface area contributed by atoms with E-state index in [1.54, 1.807) is 6.08 Å². The summed E-state index contributed by atoms with van der Waals surface area (Å²) in [5, 5.41) is 11.4. The number of rotatable bonds is 1. The quantitative estimate of drug-likeness (QED) is 0.795. The van der Waals surface area contributed by atoms with Gasteiger partial charge < -0.3 is 5.11 Å². The van der Waals surface area contributed by atoms with E-state index in [2.05, 4.69) is 19.6 Å². The molecule has 0 aromatic carbocycles. The standard InChI is InChI=1S/C20H26O2/c1-3-13-5-7-17-16-6-4-14-12-15(21)8-11-20(14,22)18(16)9-10-19(13,17)2/h3,5,12,16-18,22H,1,4,6-11H2,2H3/t16?,17?,18?,19-,20-/m1/s1. The van der Waals surface area contributed by atoms with Crippen LogP contribution in [-0.4, -0.2) is 16.5 Å². The van der Waals surface area contributed by atoms with Crippen molar-refractivity contribution in [2.24, 2.45) is 23.2 Å². The maximum atomic E-state index is 11.7. The molecule has 4 rings (SSSR count). The third kappa shape index (κ3) is 1.73. The van der Waals surface area contributed by atoms with Gasteiger partial charge in [0.05, 0.1) is 5.60 Å². The van der Waals surface area contributed by atoms with Gasteiger partial charge >= 0.3 is 0 Å². The van der Waals surface area contributed by atoms with E-state index in [-0.39, 0.29) is 11.2 Å². The molecule has 3 unspecified atom stereocenters. The average Bonchev–Trinajstić information content (AvgIpc) is 2.84. The molecular weight excluding hydrogens is 272 g/mol. The first-order valence-electron chi connectivity index (χ1n) is 8.78. The number of carbonyl (C=O) groups excluding carboxylic acids is 1. The largest absolute Gasteiger partial charge is 0.385 e. The van der Waals surface area contributed by atoms with Crippen LogP contribution in [0.15, 0.2) is 36.0 Å². The lowest BCUT2D eigenvalue weighted by molar-refractivity contribution is -0.124. The molecule has 1 N–H and O–H groups in total. The predicted octanol–water partition coefficient (Wildman–Crippen LogP) is 3.97. The lowest BCUT2D eigenvalue weighted by atomic mass is 9.50. The van der Waals surface area contributed by atoms with E-state index in [0.717, 1.165) is 37.7 Å². The van der Waals surface area contributed by atoms with Gasteiger partial charge in [-0.3, -0.25) is 4.79 Å². The minimum atomic E-state index is -0.699. The van der Waals surface area contributed by atoms with Crippen LogP contribution < -0.4 is 0 Å². The van der Waals surface area contributed by atoms with Crippen molar-refractivity contribution in [3.63, 3.8) is 0 Å². The molecule has 5 atom stereocenters. The molecule has 0 heterocycles. The molecule has 0 radical (unpaired) electrons. The van der Waals surface area contributed by atoms with Crippen LogP contribution in [-0.2, 0) is 4.79 Å². The van der Waals surface area contributed by atoms with Crippen LogP contribution >= 0.6 is 0 Å². The smallest absolute Gasteiger partial charge is 0.155 e. The second-order valence-corrected chi connectivity index (χ2v) is 8.03. The lowest BCUT2D eigenvalue weighted by Crippen LogP contribution is -2.54. The highest BCUT2D eigenvalue weighted by Crippen LogP contribution is 2.62. The number of hydrogen-bond donors (Lipinski definition) is 1. The molecule has 22 heavy (non-hydrogen) atoms. The molecular formula is C20H26O2. The van der Waals surface area contributed by atoms with Gasteiger partial charge in [0.2, 0.25) is 0 Å². The molecule has 0 aromatic heterocycles. The Morgan fingerprint density at radius 2 is 2.09 bits per heavy atom. The molecule has 0 spiro atoms. The monoisotopic (exact) mass is 298 g/mol. The summed E-state index contributed by atoms with van der Waals surface area (Å²) in [7, 11) is 0. The summed E-state index contributed by atoms with van der Waals surface area (Å²) in [5.41, 5.74) is 2.01. The minimum absolute atomic E-state index is 0.204. The van der Waals surface area contributed by atoms with Crippen LogP contribution in [0, 0.1) is 23.2 Å². The van der Waals surface area contributed by atoms with E-state index in [1.807, 2.05) is 6.08 Å². The molecule has 2 fully saturated rings. The number of aliphatic hydroxyl groups is 1. The van der Waals surface area contributed by atoms with Crippen molar-refractivity contribution in [2.45, 2.75) is 57.5 Å². The molecule has 0 aromatic rings. The molecule has 4 aliphatic rings. The molecule has 0 saturated heterocycles. The normalized spacial score (nSPS) is 47.0. The van der Waals surface area contributed by atoms with Crippen LogP contribution in [0.1, 0.15) is 51.9 Å². The van der Waals surface area contributed by atoms with Crippen LogP contribution in [0.4, 0.5) is 0 Å². The molecule has 118 valence electrons. The fourth-order valence-electron chi connectivity index (χ4n) is 6.10. The number of fused-ring (bicyclic) bond motifs is 5. The Hall–Kier alpha value is -1.15. The zero-order chi connectivity index (χ0) is 15.5. The maximum absolute atomic E-state index is 11.7. The van der Waals surface area contributed by atoms with Gasteiger partial charge in [-0.15, -0.1) is 0 Å². The average molecular weight is 298 g/mol. The maximum Gasteiger partial charge on any atom is 0.155 e. The summed E-state index contributed by atoms with van der Waals surface area (Å²) in [6, 6.07) is 0. The Bertz CT molecular complexity index is 599. The lowest BCUT2D eigenvalue weighted by Gasteiger charge is -2.56. The summed E-state index contributed by atoms with van der Waals surface area (Å²) in [6.07, 6.45) is 12.7. The molecule has 0 amide bonds. The van der Waals surface area contributed by atoms with Gasteiger partial charge in [0.1, 0.15) is 0 Å². The summed E-state index contributed by atoms with van der Waals surface area (Å²) < 4.78 is 0. The highest BCUT2D eigenvalue weighted by molar-refractivity contribution is 5.92. The van der Waals surface area contributed by atoms with E-state index in [4.69, 9.17) is 0 Å². The van der Waals surface area contributed by atoms with E-state index >= 15 is 0 Å². The van der Waals surface area contributed by atoms with Crippen molar-refractivity contribution in [2.75, 3.05) is 0 Å². The fraction of sp³-hybridized carbons (Fsp3) is 0.650. The van der Waals surface area contributed by atoms with Crippen molar-refractivity contribution in [1.29, 1.82) is 0 Å². The van der Waals surface area contributed by atoms with Crippen molar-refractivity contribution >= 4 is 5.78 Å². The van der Waals surface area contributed by atoms with Gasteiger partial charge in [-0.2, -0.15) is 0 Å². The van der Waals surface area contributed by atoms with E-state index in [1.165, 1.54) is 5.57 Å². The molecule has 2 saturated carbocycles.